The van der Waals surface area contributed by atoms with Gasteiger partial charge in [-0.25, -0.2) is 9.97 Å². The van der Waals surface area contributed by atoms with Crippen LogP contribution in [0.15, 0.2) is 41.0 Å². The Balaban J connectivity index is 2.13. The molecule has 4 heteroatoms. The number of hydrogen-bond donors (Lipinski definition) is 1. The zero-order valence-corrected chi connectivity index (χ0v) is 11.9. The van der Waals surface area contributed by atoms with Crippen molar-refractivity contribution in [2.75, 3.05) is 6.54 Å². The summed E-state index contributed by atoms with van der Waals surface area (Å²) in [6, 6.07) is 9.98. The van der Waals surface area contributed by atoms with E-state index >= 15 is 0 Å². The lowest BCUT2D eigenvalue weighted by Gasteiger charge is -2.05. The first-order valence-corrected chi connectivity index (χ1v) is 6.87. The minimum Gasteiger partial charge on any atom is -0.311 e. The van der Waals surface area contributed by atoms with Crippen molar-refractivity contribution in [1.29, 1.82) is 0 Å². The van der Waals surface area contributed by atoms with Crippen molar-refractivity contribution in [1.82, 2.24) is 15.3 Å². The molecular weight excluding hydrogens is 290 g/mol. The van der Waals surface area contributed by atoms with Crippen LogP contribution in [0.3, 0.4) is 0 Å². The van der Waals surface area contributed by atoms with E-state index in [4.69, 9.17) is 0 Å². The lowest BCUT2D eigenvalue weighted by molar-refractivity contribution is 0.663. The SMILES string of the molecule is CCCNCc1ccnc(-c2ccc(Br)cc2)n1. The van der Waals surface area contributed by atoms with E-state index < -0.39 is 0 Å². The molecule has 0 saturated heterocycles. The van der Waals surface area contributed by atoms with Gasteiger partial charge >= 0.3 is 0 Å². The number of aromatic nitrogens is 2. The molecule has 0 aliphatic rings. The highest BCUT2D eigenvalue weighted by atomic mass is 79.9. The third-order valence-electron chi connectivity index (χ3n) is 2.55. The van der Waals surface area contributed by atoms with Gasteiger partial charge in [0.15, 0.2) is 5.82 Å². The van der Waals surface area contributed by atoms with Crippen LogP contribution in [0.2, 0.25) is 0 Å². The molecule has 2 aromatic rings. The Bertz CT molecular complexity index is 497. The van der Waals surface area contributed by atoms with E-state index in [1.165, 1.54) is 0 Å². The Morgan fingerprint density at radius 1 is 1.17 bits per heavy atom. The number of hydrogen-bond acceptors (Lipinski definition) is 3. The van der Waals surface area contributed by atoms with Gasteiger partial charge in [-0.05, 0) is 31.2 Å². The van der Waals surface area contributed by atoms with E-state index in [9.17, 15) is 0 Å². The number of rotatable bonds is 5. The second-order valence-electron chi connectivity index (χ2n) is 4.06. The maximum absolute atomic E-state index is 4.56. The lowest BCUT2D eigenvalue weighted by atomic mass is 10.2. The van der Waals surface area contributed by atoms with Crippen molar-refractivity contribution in [3.63, 3.8) is 0 Å². The van der Waals surface area contributed by atoms with E-state index in [2.05, 4.69) is 38.1 Å². The van der Waals surface area contributed by atoms with Crippen LogP contribution in [0.1, 0.15) is 19.0 Å². The standard InChI is InChI=1S/C14H16BrN3/c1-2-8-16-10-13-7-9-17-14(18-13)11-3-5-12(15)6-4-11/h3-7,9,16H,2,8,10H2,1H3. The highest BCUT2D eigenvalue weighted by Crippen LogP contribution is 2.18. The van der Waals surface area contributed by atoms with E-state index in [1.54, 1.807) is 0 Å². The Kier molecular flexibility index (Phi) is 4.84. The van der Waals surface area contributed by atoms with Gasteiger partial charge < -0.3 is 5.32 Å². The number of benzene rings is 1. The predicted molar refractivity (Wildman–Crippen MR) is 77.2 cm³/mol. The van der Waals surface area contributed by atoms with Crippen molar-refractivity contribution in [2.45, 2.75) is 19.9 Å². The van der Waals surface area contributed by atoms with Crippen LogP contribution < -0.4 is 5.32 Å². The fourth-order valence-corrected chi connectivity index (χ4v) is 1.89. The molecule has 0 bridgehead atoms. The molecule has 0 atom stereocenters. The van der Waals surface area contributed by atoms with Gasteiger partial charge in [0.2, 0.25) is 0 Å². The van der Waals surface area contributed by atoms with E-state index in [0.717, 1.165) is 41.1 Å². The average Bonchev–Trinajstić information content (AvgIpc) is 2.40. The molecular formula is C14H16BrN3. The molecule has 0 saturated carbocycles. The third-order valence-corrected chi connectivity index (χ3v) is 3.08. The van der Waals surface area contributed by atoms with Crippen LogP contribution in [0.5, 0.6) is 0 Å². The predicted octanol–water partition coefficient (Wildman–Crippen LogP) is 3.41. The summed E-state index contributed by atoms with van der Waals surface area (Å²) in [4.78, 5) is 8.87. The van der Waals surface area contributed by atoms with Crippen molar-refractivity contribution >= 4 is 15.9 Å². The van der Waals surface area contributed by atoms with Crippen LogP contribution in [0.4, 0.5) is 0 Å². The quantitative estimate of drug-likeness (QED) is 0.860. The summed E-state index contributed by atoms with van der Waals surface area (Å²) < 4.78 is 1.06. The van der Waals surface area contributed by atoms with Gasteiger partial charge in [-0.1, -0.05) is 35.0 Å². The van der Waals surface area contributed by atoms with Crippen LogP contribution in [0.25, 0.3) is 11.4 Å². The molecule has 1 aromatic carbocycles. The maximum atomic E-state index is 4.56. The molecule has 2 rings (SSSR count). The molecule has 0 unspecified atom stereocenters. The van der Waals surface area contributed by atoms with E-state index in [-0.39, 0.29) is 0 Å². The summed E-state index contributed by atoms with van der Waals surface area (Å²) in [6.07, 6.45) is 2.94. The van der Waals surface area contributed by atoms with Crippen LogP contribution in [-0.2, 0) is 6.54 Å². The molecule has 0 fully saturated rings. The van der Waals surface area contributed by atoms with Crippen molar-refractivity contribution in [3.05, 3.63) is 46.7 Å². The Hall–Kier alpha value is -1.26. The number of halogens is 1. The minimum absolute atomic E-state index is 0.776. The molecule has 18 heavy (non-hydrogen) atoms. The Labute approximate surface area is 116 Å². The molecule has 94 valence electrons. The van der Waals surface area contributed by atoms with E-state index in [1.807, 2.05) is 36.5 Å². The van der Waals surface area contributed by atoms with Crippen molar-refractivity contribution < 1.29 is 0 Å². The largest absolute Gasteiger partial charge is 0.311 e. The minimum atomic E-state index is 0.776. The summed E-state index contributed by atoms with van der Waals surface area (Å²) in [5.74, 6) is 0.776. The Morgan fingerprint density at radius 3 is 2.67 bits per heavy atom. The first kappa shape index (κ1) is 13.2. The van der Waals surface area contributed by atoms with Gasteiger partial charge in [0.05, 0.1) is 5.69 Å². The van der Waals surface area contributed by atoms with Gasteiger partial charge in [0.25, 0.3) is 0 Å². The zero-order valence-electron chi connectivity index (χ0n) is 10.4. The van der Waals surface area contributed by atoms with Gasteiger partial charge in [0.1, 0.15) is 0 Å². The van der Waals surface area contributed by atoms with Crippen LogP contribution in [-0.4, -0.2) is 16.5 Å². The summed E-state index contributed by atoms with van der Waals surface area (Å²) in [7, 11) is 0. The molecule has 0 amide bonds. The molecule has 0 spiro atoms. The molecule has 0 aliphatic heterocycles. The van der Waals surface area contributed by atoms with Crippen LogP contribution in [0, 0.1) is 0 Å². The molecule has 0 radical (unpaired) electrons. The second-order valence-corrected chi connectivity index (χ2v) is 4.97. The fourth-order valence-electron chi connectivity index (χ4n) is 1.63. The molecule has 1 heterocycles. The summed E-state index contributed by atoms with van der Waals surface area (Å²) in [6.45, 7) is 3.96. The number of nitrogens with zero attached hydrogens (tertiary/aromatic N) is 2. The van der Waals surface area contributed by atoms with Crippen molar-refractivity contribution in [3.8, 4) is 11.4 Å². The van der Waals surface area contributed by atoms with E-state index in [0.29, 0.717) is 0 Å². The van der Waals surface area contributed by atoms with Gasteiger partial charge in [-0.15, -0.1) is 0 Å². The summed E-state index contributed by atoms with van der Waals surface area (Å²) in [5, 5.41) is 3.34. The normalized spacial score (nSPS) is 10.6. The maximum Gasteiger partial charge on any atom is 0.159 e. The molecule has 1 aromatic heterocycles. The van der Waals surface area contributed by atoms with Gasteiger partial charge in [-0.2, -0.15) is 0 Å². The van der Waals surface area contributed by atoms with Gasteiger partial charge in [0, 0.05) is 22.8 Å². The average molecular weight is 306 g/mol. The van der Waals surface area contributed by atoms with Crippen molar-refractivity contribution in [2.24, 2.45) is 0 Å². The molecule has 1 N–H and O–H groups in total. The molecule has 0 aliphatic carbocycles. The first-order chi connectivity index (χ1) is 8.79. The highest BCUT2D eigenvalue weighted by molar-refractivity contribution is 9.10. The summed E-state index contributed by atoms with van der Waals surface area (Å²) in [5.41, 5.74) is 2.06. The zero-order chi connectivity index (χ0) is 12.8. The summed E-state index contributed by atoms with van der Waals surface area (Å²) >= 11 is 3.42. The fraction of sp³-hybridized carbons (Fsp3) is 0.286. The monoisotopic (exact) mass is 305 g/mol. The molecule has 3 nitrogen and oxygen atoms in total. The number of nitrogens with one attached hydrogen (secondary N) is 1. The first-order valence-electron chi connectivity index (χ1n) is 6.08. The van der Waals surface area contributed by atoms with Gasteiger partial charge in [-0.3, -0.25) is 0 Å². The third kappa shape index (κ3) is 3.62. The smallest absolute Gasteiger partial charge is 0.159 e. The topological polar surface area (TPSA) is 37.8 Å². The van der Waals surface area contributed by atoms with Crippen LogP contribution >= 0.6 is 15.9 Å². The second kappa shape index (κ2) is 6.61. The Morgan fingerprint density at radius 2 is 1.94 bits per heavy atom. The highest BCUT2D eigenvalue weighted by Gasteiger charge is 2.02. The lowest BCUT2D eigenvalue weighted by Crippen LogP contribution is -2.15.